The van der Waals surface area contributed by atoms with Gasteiger partial charge in [-0.3, -0.25) is 0 Å². The van der Waals surface area contributed by atoms with Gasteiger partial charge in [0.05, 0.1) is 0 Å². The predicted octanol–water partition coefficient (Wildman–Crippen LogP) is 40.6. The molecule has 0 heterocycles. The first-order chi connectivity index (χ1) is 71.9. The van der Waals surface area contributed by atoms with Gasteiger partial charge in [0.1, 0.15) is 0 Å². The Morgan fingerprint density at radius 2 is 0.351 bits per heavy atom. The van der Waals surface area contributed by atoms with Crippen molar-refractivity contribution in [1.82, 2.24) is 0 Å². The van der Waals surface area contributed by atoms with Crippen LogP contribution in [0.15, 0.2) is 455 Å². The second-order valence-corrected chi connectivity index (χ2v) is 44.9. The topological polar surface area (TPSA) is 0 Å². The van der Waals surface area contributed by atoms with E-state index in [-0.39, 0.29) is 27.1 Å². The van der Waals surface area contributed by atoms with Gasteiger partial charge in [0.15, 0.2) is 0 Å². The quantitative estimate of drug-likeness (QED) is 0.126. The normalized spacial score (nSPS) is 14.2. The van der Waals surface area contributed by atoms with Crippen LogP contribution in [0.25, 0.3) is 231 Å². The predicted molar refractivity (Wildman–Crippen MR) is 633 cm³/mol. The summed E-state index contributed by atoms with van der Waals surface area (Å²) in [7, 11) is 0. The van der Waals surface area contributed by atoms with Crippen molar-refractivity contribution in [2.24, 2.45) is 0 Å². The van der Waals surface area contributed by atoms with Crippen molar-refractivity contribution in [1.29, 1.82) is 0 Å². The van der Waals surface area contributed by atoms with E-state index in [9.17, 15) is 0 Å². The molecule has 0 N–H and O–H groups in total. The molecule has 0 aliphatic heterocycles. The lowest BCUT2D eigenvalue weighted by Gasteiger charge is -2.23. The summed E-state index contributed by atoms with van der Waals surface area (Å²) >= 11 is 0. The molecule has 0 nitrogen and oxygen atoms in total. The summed E-state index contributed by atoms with van der Waals surface area (Å²) < 4.78 is 0. The largest absolute Gasteiger partial charge is 0.0619 e. The highest BCUT2D eigenvalue weighted by Crippen LogP contribution is 2.61. The first-order valence-electron chi connectivity index (χ1n) is 52.8. The van der Waals surface area contributed by atoms with Gasteiger partial charge in [-0.15, -0.1) is 0 Å². The minimum Gasteiger partial charge on any atom is -0.0619 e. The van der Waals surface area contributed by atoms with Gasteiger partial charge in [-0.05, 0) is 338 Å². The van der Waals surface area contributed by atoms with E-state index in [1.54, 1.807) is 0 Å². The average molecular weight is 1890 g/mol. The van der Waals surface area contributed by atoms with Crippen LogP contribution in [0, 0.1) is 20.8 Å². The van der Waals surface area contributed by atoms with Crippen LogP contribution in [0.3, 0.4) is 0 Å². The smallest absolute Gasteiger partial charge is 0.0159 e. The molecule has 0 amide bonds. The van der Waals surface area contributed by atoms with Gasteiger partial charge in [0, 0.05) is 27.1 Å². The molecule has 0 bridgehead atoms. The van der Waals surface area contributed by atoms with Gasteiger partial charge in [-0.2, -0.15) is 0 Å². The van der Waals surface area contributed by atoms with Crippen molar-refractivity contribution in [2.45, 2.75) is 117 Å². The van der Waals surface area contributed by atoms with E-state index >= 15 is 0 Å². The Bertz CT molecular complexity index is 9770. The molecule has 5 aliphatic carbocycles. The molecule has 0 fully saturated rings. The number of aryl methyl sites for hydroxylation is 3. The lowest BCUT2D eigenvalue weighted by Crippen LogP contribution is -2.14. The van der Waals surface area contributed by atoms with E-state index in [1.807, 2.05) is 0 Å². The van der Waals surface area contributed by atoms with Crippen molar-refractivity contribution in [3.8, 4) is 156 Å². The van der Waals surface area contributed by atoms with E-state index in [1.165, 1.54) is 304 Å². The van der Waals surface area contributed by atoms with Crippen LogP contribution in [0.5, 0.6) is 0 Å². The number of hydrogen-bond donors (Lipinski definition) is 0. The van der Waals surface area contributed by atoms with Crippen molar-refractivity contribution in [2.75, 3.05) is 0 Å². The summed E-state index contributed by atoms with van der Waals surface area (Å²) in [4.78, 5) is 0. The molecule has 0 saturated heterocycles. The summed E-state index contributed by atoms with van der Waals surface area (Å²) in [6, 6.07) is 171. The molecule has 0 saturated carbocycles. The SMILES string of the molecule is Cc1ccc2c(-c3ccc(-c4ccc5c(c4)C(C)(C)c4ccccc4-5)cc3)c3ccccc3c(-c3cccc4c3-c3ccccc3C4(C)C)c2c1.Cc1ccc2c(-c3cccc(-c4ccc5c(c4)C(C)(C)c4ccccc4-5)c3)c3ccccc3c(-c3cccc4c3-c3ccccc3C4(C)C)c2c1.Cc1ccc2c(-c3cccc(-c4ccc5ccccc5c4)c3)c3ccccc3c(-c3cccc4c3-c3ccccc3C4(C)C)c2c1. The van der Waals surface area contributed by atoms with Crippen LogP contribution in [0.4, 0.5) is 0 Å². The van der Waals surface area contributed by atoms with Gasteiger partial charge in [-0.1, -0.05) is 511 Å². The standard InChI is InChI=1S/2C51H40.C46H34/c1-31-24-26-39-42(28-31)48(41-20-13-23-45-49(41)40-19-9-11-22-44(40)50(45,2)3)38-18-7-6-17-37(38)47(39)34-15-12-14-32(29-34)33-25-27-36-35-16-8-10-21-43(35)51(4,5)46(36)30-33;1-31-21-27-39-42(29-31)48(41-17-12-20-45-49(41)40-16-9-11-19-44(40)50(45,2)3)38-15-7-6-14-37(38)47(39)33-24-22-32(23-25-33)34-26-28-36-35-13-8-10-18-43(35)51(4,5)46(36)30-34;1-29-22-25-37-40(26-29)44(39-19-11-21-42-45(39)38-18-8-9-20-41(38)46(42,2)3)36-17-7-6-16-35(36)43(37)34-15-10-14-32(28-34)33-24-23-30-12-4-5-13-31(30)27-33/h2*6-30H,1-5H3;4-28H,1-3H3. The zero-order valence-electron chi connectivity index (χ0n) is 86.3. The van der Waals surface area contributed by atoms with Gasteiger partial charge in [0.25, 0.3) is 0 Å². The number of rotatable bonds is 9. The van der Waals surface area contributed by atoms with Gasteiger partial charge in [0.2, 0.25) is 0 Å². The maximum atomic E-state index is 2.44. The molecule has 0 heteroatoms. The fraction of sp³-hybridized carbons (Fsp3) is 0.122. The molecule has 29 rings (SSSR count). The zero-order chi connectivity index (χ0) is 100. The molecule has 706 valence electrons. The van der Waals surface area contributed by atoms with Crippen molar-refractivity contribution < 1.29 is 0 Å². The molecule has 0 aromatic heterocycles. The summed E-state index contributed by atoms with van der Waals surface area (Å²) in [5.74, 6) is 0. The number of benzene rings is 24. The van der Waals surface area contributed by atoms with E-state index in [0.717, 1.165) is 0 Å². The van der Waals surface area contributed by atoms with Crippen LogP contribution >= 0.6 is 0 Å². The fourth-order valence-electron chi connectivity index (χ4n) is 27.2. The highest BCUT2D eigenvalue weighted by Gasteiger charge is 2.43. The third kappa shape index (κ3) is 13.8. The minimum absolute atomic E-state index is 0.0176. The van der Waals surface area contributed by atoms with Crippen molar-refractivity contribution in [3.05, 3.63) is 527 Å². The van der Waals surface area contributed by atoms with E-state index in [2.05, 4.69) is 545 Å². The molecule has 0 atom stereocenters. The summed E-state index contributed by atoms with van der Waals surface area (Å²) in [5.41, 5.74) is 54.4. The lowest BCUT2D eigenvalue weighted by atomic mass is 9.80. The van der Waals surface area contributed by atoms with Crippen molar-refractivity contribution in [3.63, 3.8) is 0 Å². The molecule has 24 aromatic carbocycles. The molecule has 5 aliphatic rings. The second-order valence-electron chi connectivity index (χ2n) is 44.9. The Kier molecular flexibility index (Phi) is 20.6. The maximum Gasteiger partial charge on any atom is 0.0159 e. The summed E-state index contributed by atoms with van der Waals surface area (Å²) in [6.45, 7) is 30.3. The second kappa shape index (κ2) is 33.8. The number of fused-ring (bicyclic) bond motifs is 22. The molecular formula is C148H114. The third-order valence-corrected chi connectivity index (χ3v) is 34.6. The maximum absolute atomic E-state index is 2.44. The molecule has 0 radical (unpaired) electrons. The molecule has 24 aromatic rings. The van der Waals surface area contributed by atoms with Crippen LogP contribution < -0.4 is 0 Å². The first kappa shape index (κ1) is 89.9. The number of hydrogen-bond acceptors (Lipinski definition) is 0. The zero-order valence-corrected chi connectivity index (χ0v) is 86.3. The monoisotopic (exact) mass is 1890 g/mol. The van der Waals surface area contributed by atoms with Gasteiger partial charge >= 0.3 is 0 Å². The first-order valence-corrected chi connectivity index (χ1v) is 52.8. The van der Waals surface area contributed by atoms with E-state index in [4.69, 9.17) is 0 Å². The summed E-state index contributed by atoms with van der Waals surface area (Å²) in [6.07, 6.45) is 0. The Labute approximate surface area is 869 Å². The fourth-order valence-corrected chi connectivity index (χ4v) is 27.2. The van der Waals surface area contributed by atoms with Crippen LogP contribution in [-0.2, 0) is 27.1 Å². The van der Waals surface area contributed by atoms with Gasteiger partial charge < -0.3 is 0 Å². The highest BCUT2D eigenvalue weighted by molar-refractivity contribution is 6.27. The summed E-state index contributed by atoms with van der Waals surface area (Å²) in [5, 5.41) is 18.1. The van der Waals surface area contributed by atoms with Crippen LogP contribution in [-0.4, -0.2) is 0 Å². The Hall–Kier alpha value is -16.9. The van der Waals surface area contributed by atoms with E-state index in [0.29, 0.717) is 0 Å². The molecule has 148 heavy (non-hydrogen) atoms. The Balaban J connectivity index is 0.000000110. The van der Waals surface area contributed by atoms with E-state index < -0.39 is 0 Å². The minimum atomic E-state index is -0.0562. The Morgan fingerprint density at radius 1 is 0.115 bits per heavy atom. The van der Waals surface area contributed by atoms with Crippen LogP contribution in [0.2, 0.25) is 0 Å². The molecule has 0 spiro atoms. The Morgan fingerprint density at radius 3 is 0.730 bits per heavy atom. The third-order valence-electron chi connectivity index (χ3n) is 34.6. The lowest BCUT2D eigenvalue weighted by molar-refractivity contribution is 0.660. The van der Waals surface area contributed by atoms with Crippen LogP contribution in [0.1, 0.15) is 142 Å². The molecular weight excluding hydrogens is 1780 g/mol. The molecule has 0 unspecified atom stereocenters. The van der Waals surface area contributed by atoms with Crippen molar-refractivity contribution >= 4 is 75.4 Å². The highest BCUT2D eigenvalue weighted by atomic mass is 14.5. The van der Waals surface area contributed by atoms with Gasteiger partial charge in [-0.25, -0.2) is 0 Å². The average Bonchev–Trinajstić information content (AvgIpc) is 1.58.